The fraction of sp³-hybridized carbons (Fsp3) is 0.923. The van der Waals surface area contributed by atoms with Crippen LogP contribution in [0.4, 0.5) is 0 Å². The van der Waals surface area contributed by atoms with E-state index in [-0.39, 0.29) is 17.2 Å². The van der Waals surface area contributed by atoms with Crippen molar-refractivity contribution in [2.24, 2.45) is 11.3 Å². The van der Waals surface area contributed by atoms with E-state index in [1.54, 1.807) is 4.90 Å². The normalized spacial score (nSPS) is 20.4. The maximum absolute atomic E-state index is 11.8. The topological polar surface area (TPSA) is 40.5 Å². The Balaban J connectivity index is 0.00000106. The predicted molar refractivity (Wildman–Crippen MR) is 67.2 cm³/mol. The van der Waals surface area contributed by atoms with Crippen LogP contribution >= 0.6 is 0 Å². The molecule has 0 aromatic rings. The summed E-state index contributed by atoms with van der Waals surface area (Å²) < 4.78 is 0. The molecule has 0 bridgehead atoms. The van der Waals surface area contributed by atoms with Crippen LogP contribution in [0.5, 0.6) is 0 Å². The molecule has 1 saturated heterocycles. The highest BCUT2D eigenvalue weighted by atomic mass is 16.3. The molecule has 16 heavy (non-hydrogen) atoms. The molecule has 0 aromatic carbocycles. The number of amides is 1. The number of carbonyl (C=O) groups excluding carboxylic acids is 1. The van der Waals surface area contributed by atoms with Gasteiger partial charge in [-0.2, -0.15) is 0 Å². The minimum Gasteiger partial charge on any atom is -0.383 e. The first-order chi connectivity index (χ1) is 7.33. The van der Waals surface area contributed by atoms with E-state index in [9.17, 15) is 9.90 Å². The van der Waals surface area contributed by atoms with Crippen molar-refractivity contribution in [1.29, 1.82) is 0 Å². The average Bonchev–Trinajstić information content (AvgIpc) is 2.59. The Bertz CT molecular complexity index is 224. The average molecular weight is 229 g/mol. The number of aliphatic hydroxyl groups is 1. The standard InChI is InChI=1S/C11H21NO2.C2H6/c1-8(2)9(13)10(14)12-6-5-11(3,4)7-12;1-2/h8-9,13H,5-7H2,1-4H3;1-2H3/t9-;/m1./s1. The third kappa shape index (κ3) is 4.12. The Morgan fingerprint density at radius 3 is 2.12 bits per heavy atom. The third-order valence-electron chi connectivity index (χ3n) is 2.87. The van der Waals surface area contributed by atoms with Gasteiger partial charge >= 0.3 is 0 Å². The molecule has 0 radical (unpaired) electrons. The number of hydrogen-bond acceptors (Lipinski definition) is 2. The van der Waals surface area contributed by atoms with Crippen LogP contribution < -0.4 is 0 Å². The highest BCUT2D eigenvalue weighted by molar-refractivity contribution is 5.81. The minimum absolute atomic E-state index is 0.00575. The van der Waals surface area contributed by atoms with Gasteiger partial charge in [-0.15, -0.1) is 0 Å². The summed E-state index contributed by atoms with van der Waals surface area (Å²) in [6.07, 6.45) is 0.202. The zero-order valence-electron chi connectivity index (χ0n) is 11.6. The highest BCUT2D eigenvalue weighted by Crippen LogP contribution is 2.29. The van der Waals surface area contributed by atoms with E-state index in [4.69, 9.17) is 0 Å². The van der Waals surface area contributed by atoms with Crippen LogP contribution in [-0.2, 0) is 4.79 Å². The van der Waals surface area contributed by atoms with Gasteiger partial charge in [-0.3, -0.25) is 4.79 Å². The van der Waals surface area contributed by atoms with Crippen LogP contribution in [0, 0.1) is 11.3 Å². The Morgan fingerprint density at radius 1 is 1.31 bits per heavy atom. The van der Waals surface area contributed by atoms with Crippen LogP contribution in [0.15, 0.2) is 0 Å². The lowest BCUT2D eigenvalue weighted by Crippen LogP contribution is -2.40. The zero-order chi connectivity index (χ0) is 12.9. The van der Waals surface area contributed by atoms with E-state index in [0.29, 0.717) is 0 Å². The van der Waals surface area contributed by atoms with Crippen molar-refractivity contribution < 1.29 is 9.90 Å². The Kier molecular flexibility index (Phi) is 6.01. The predicted octanol–water partition coefficient (Wildman–Crippen LogP) is 2.29. The lowest BCUT2D eigenvalue weighted by molar-refractivity contribution is -0.141. The number of rotatable bonds is 2. The van der Waals surface area contributed by atoms with E-state index in [0.717, 1.165) is 19.5 Å². The summed E-state index contributed by atoms with van der Waals surface area (Å²) in [5.41, 5.74) is 0.215. The first kappa shape index (κ1) is 15.4. The maximum atomic E-state index is 11.8. The van der Waals surface area contributed by atoms with Crippen molar-refractivity contribution in [3.05, 3.63) is 0 Å². The van der Waals surface area contributed by atoms with Gasteiger partial charge in [-0.25, -0.2) is 0 Å². The van der Waals surface area contributed by atoms with Crippen molar-refractivity contribution >= 4 is 5.91 Å². The molecule has 3 heteroatoms. The Morgan fingerprint density at radius 2 is 1.81 bits per heavy atom. The van der Waals surface area contributed by atoms with Gasteiger partial charge in [0.15, 0.2) is 0 Å². The van der Waals surface area contributed by atoms with Crippen LogP contribution in [0.3, 0.4) is 0 Å². The second-order valence-electron chi connectivity index (χ2n) is 5.36. The molecule has 0 saturated carbocycles. The van der Waals surface area contributed by atoms with Crippen molar-refractivity contribution in [3.8, 4) is 0 Å². The molecular weight excluding hydrogens is 202 g/mol. The highest BCUT2D eigenvalue weighted by Gasteiger charge is 2.35. The van der Waals surface area contributed by atoms with E-state index < -0.39 is 6.10 Å². The molecule has 1 aliphatic rings. The largest absolute Gasteiger partial charge is 0.383 e. The molecule has 0 spiro atoms. The third-order valence-corrected chi connectivity index (χ3v) is 2.87. The van der Waals surface area contributed by atoms with Crippen molar-refractivity contribution in [1.82, 2.24) is 4.90 Å². The fourth-order valence-corrected chi connectivity index (χ4v) is 1.77. The quantitative estimate of drug-likeness (QED) is 0.789. The van der Waals surface area contributed by atoms with Gasteiger partial charge in [0.25, 0.3) is 5.91 Å². The molecule has 0 aromatic heterocycles. The monoisotopic (exact) mass is 229 g/mol. The number of likely N-dealkylation sites (tertiary alicyclic amines) is 1. The molecule has 1 N–H and O–H groups in total. The second-order valence-corrected chi connectivity index (χ2v) is 5.36. The fourth-order valence-electron chi connectivity index (χ4n) is 1.77. The molecule has 1 atom stereocenters. The van der Waals surface area contributed by atoms with Gasteiger partial charge in [0, 0.05) is 13.1 Å². The molecule has 1 heterocycles. The van der Waals surface area contributed by atoms with Crippen molar-refractivity contribution in [3.63, 3.8) is 0 Å². The molecule has 1 aliphatic heterocycles. The maximum Gasteiger partial charge on any atom is 0.251 e. The summed E-state index contributed by atoms with van der Waals surface area (Å²) in [7, 11) is 0. The molecule has 1 rings (SSSR count). The molecule has 0 unspecified atom stereocenters. The van der Waals surface area contributed by atoms with Gasteiger partial charge in [-0.1, -0.05) is 41.5 Å². The Labute approximate surface area is 99.8 Å². The van der Waals surface area contributed by atoms with Gasteiger partial charge < -0.3 is 10.0 Å². The van der Waals surface area contributed by atoms with E-state index in [1.807, 2.05) is 27.7 Å². The summed E-state index contributed by atoms with van der Waals surface area (Å²) in [6.45, 7) is 13.6. The summed E-state index contributed by atoms with van der Waals surface area (Å²) in [5, 5.41) is 9.63. The second kappa shape index (κ2) is 6.24. The summed E-state index contributed by atoms with van der Waals surface area (Å²) in [4.78, 5) is 13.5. The van der Waals surface area contributed by atoms with Gasteiger partial charge in [0.1, 0.15) is 6.10 Å². The zero-order valence-corrected chi connectivity index (χ0v) is 11.6. The van der Waals surface area contributed by atoms with Crippen molar-refractivity contribution in [2.45, 2.75) is 54.1 Å². The molecule has 0 aliphatic carbocycles. The minimum atomic E-state index is -0.830. The number of hydrogen-bond donors (Lipinski definition) is 1. The lowest BCUT2D eigenvalue weighted by Gasteiger charge is -2.23. The lowest BCUT2D eigenvalue weighted by atomic mass is 9.93. The van der Waals surface area contributed by atoms with E-state index in [1.165, 1.54) is 0 Å². The van der Waals surface area contributed by atoms with Gasteiger partial charge in [-0.05, 0) is 17.8 Å². The SMILES string of the molecule is CC.CC(C)[C@@H](O)C(=O)N1CCC(C)(C)C1. The van der Waals surface area contributed by atoms with Crippen LogP contribution in [0.25, 0.3) is 0 Å². The van der Waals surface area contributed by atoms with Crippen molar-refractivity contribution in [2.75, 3.05) is 13.1 Å². The Hall–Kier alpha value is -0.570. The summed E-state index contributed by atoms with van der Waals surface area (Å²) >= 11 is 0. The number of aliphatic hydroxyl groups excluding tert-OH is 1. The van der Waals surface area contributed by atoms with Crippen LogP contribution in [0.1, 0.15) is 48.0 Å². The molecule has 1 fully saturated rings. The van der Waals surface area contributed by atoms with Crippen LogP contribution in [0.2, 0.25) is 0 Å². The molecule has 1 amide bonds. The summed E-state index contributed by atoms with van der Waals surface area (Å²) in [6, 6.07) is 0. The molecule has 96 valence electrons. The number of carbonyl (C=O) groups is 1. The van der Waals surface area contributed by atoms with Gasteiger partial charge in [0.05, 0.1) is 0 Å². The smallest absolute Gasteiger partial charge is 0.251 e. The first-order valence-corrected chi connectivity index (χ1v) is 6.30. The number of nitrogens with zero attached hydrogens (tertiary/aromatic N) is 1. The van der Waals surface area contributed by atoms with E-state index in [2.05, 4.69) is 13.8 Å². The summed E-state index contributed by atoms with van der Waals surface area (Å²) in [5.74, 6) is -0.100. The molecule has 3 nitrogen and oxygen atoms in total. The van der Waals surface area contributed by atoms with Crippen LogP contribution in [-0.4, -0.2) is 35.1 Å². The van der Waals surface area contributed by atoms with E-state index >= 15 is 0 Å². The molecular formula is C13H27NO2. The van der Waals surface area contributed by atoms with Gasteiger partial charge in [0.2, 0.25) is 0 Å². The first-order valence-electron chi connectivity index (χ1n) is 6.30.